The van der Waals surface area contributed by atoms with Gasteiger partial charge in [0.25, 0.3) is 5.56 Å². The van der Waals surface area contributed by atoms with Crippen molar-refractivity contribution in [1.82, 2.24) is 9.55 Å². The summed E-state index contributed by atoms with van der Waals surface area (Å²) in [6.07, 6.45) is -1.12. The molecule has 3 rings (SSSR count). The molecule has 0 aliphatic carbocycles. The normalized spacial score (nSPS) is 26.1. The number of halogens is 2. The average Bonchev–Trinajstić information content (AvgIpc) is 2.89. The number of hydrogen-bond acceptors (Lipinski definition) is 5. The summed E-state index contributed by atoms with van der Waals surface area (Å²) in [4.78, 5) is 24.9. The summed E-state index contributed by atoms with van der Waals surface area (Å²) in [6, 6.07) is 7.28. The monoisotopic (exact) mass is 414 g/mol. The third kappa shape index (κ3) is 3.45. The van der Waals surface area contributed by atoms with Gasteiger partial charge >= 0.3 is 5.69 Å². The molecule has 0 amide bonds. The molecule has 2 heterocycles. The van der Waals surface area contributed by atoms with E-state index in [2.05, 4.69) is 15.9 Å². The molecule has 2 aromatic rings. The van der Waals surface area contributed by atoms with E-state index in [1.54, 1.807) is 0 Å². The van der Waals surface area contributed by atoms with Crippen molar-refractivity contribution >= 4 is 15.9 Å². The lowest BCUT2D eigenvalue weighted by Gasteiger charge is -2.27. The summed E-state index contributed by atoms with van der Waals surface area (Å²) < 4.78 is 20.7. The summed E-state index contributed by atoms with van der Waals surface area (Å²) in [5, 5.41) is 20.6. The molecule has 0 spiro atoms. The van der Waals surface area contributed by atoms with Gasteiger partial charge in [-0.1, -0.05) is 34.1 Å². The molecule has 1 aromatic carbocycles. The van der Waals surface area contributed by atoms with Gasteiger partial charge in [0.05, 0.1) is 12.8 Å². The first-order valence-electron chi connectivity index (χ1n) is 7.57. The number of nitrogens with one attached hydrogen (secondary N) is 1. The van der Waals surface area contributed by atoms with E-state index in [9.17, 15) is 24.2 Å². The standard InChI is InChI=1S/C16H16BrFN2O5/c17-10-4-2-1-3-9(10)5-16(24)6-13(25-12(16)8-21)20-7-11(18)14(22)19-15(20)23/h1-4,7,12-13,21,24H,5-6,8H2,(H,19,22,23)/t12-,13-,16+/m1/s1. The molecule has 0 unspecified atom stereocenters. The van der Waals surface area contributed by atoms with Gasteiger partial charge in [-0.15, -0.1) is 0 Å². The molecule has 3 atom stereocenters. The Labute approximate surface area is 149 Å². The van der Waals surface area contributed by atoms with Crippen LogP contribution in [-0.4, -0.2) is 38.1 Å². The number of aliphatic hydroxyl groups excluding tert-OH is 1. The fourth-order valence-corrected chi connectivity index (χ4v) is 3.43. The van der Waals surface area contributed by atoms with Crippen LogP contribution in [0.2, 0.25) is 0 Å². The molecule has 0 bridgehead atoms. The molecule has 1 aromatic heterocycles. The second-order valence-electron chi connectivity index (χ2n) is 5.98. The van der Waals surface area contributed by atoms with E-state index >= 15 is 0 Å². The number of aromatic nitrogens is 2. The maximum Gasteiger partial charge on any atom is 0.330 e. The Morgan fingerprint density at radius 2 is 2.12 bits per heavy atom. The van der Waals surface area contributed by atoms with Crippen LogP contribution in [0.25, 0.3) is 0 Å². The van der Waals surface area contributed by atoms with Gasteiger partial charge in [-0.25, -0.2) is 4.79 Å². The number of nitrogens with zero attached hydrogens (tertiary/aromatic N) is 1. The van der Waals surface area contributed by atoms with Crippen LogP contribution < -0.4 is 11.2 Å². The van der Waals surface area contributed by atoms with E-state index in [1.165, 1.54) is 0 Å². The maximum atomic E-state index is 13.5. The summed E-state index contributed by atoms with van der Waals surface area (Å²) in [5.74, 6) is -1.13. The van der Waals surface area contributed by atoms with Crippen molar-refractivity contribution < 1.29 is 19.3 Å². The second kappa shape index (κ2) is 6.83. The van der Waals surface area contributed by atoms with Crippen molar-refractivity contribution in [2.24, 2.45) is 0 Å². The van der Waals surface area contributed by atoms with Crippen LogP contribution in [0.4, 0.5) is 4.39 Å². The number of H-pyrrole nitrogens is 1. The lowest BCUT2D eigenvalue weighted by atomic mass is 9.88. The third-order valence-electron chi connectivity index (χ3n) is 4.30. The highest BCUT2D eigenvalue weighted by molar-refractivity contribution is 9.10. The van der Waals surface area contributed by atoms with Gasteiger partial charge in [-0.3, -0.25) is 14.3 Å². The average molecular weight is 415 g/mol. The Balaban J connectivity index is 1.92. The van der Waals surface area contributed by atoms with Crippen molar-refractivity contribution in [3.63, 3.8) is 0 Å². The molecule has 134 valence electrons. The van der Waals surface area contributed by atoms with Crippen LogP contribution in [0.3, 0.4) is 0 Å². The first kappa shape index (κ1) is 18.0. The fourth-order valence-electron chi connectivity index (χ4n) is 3.01. The van der Waals surface area contributed by atoms with Gasteiger partial charge in [0.1, 0.15) is 17.9 Å². The van der Waals surface area contributed by atoms with E-state index in [0.29, 0.717) is 0 Å². The highest BCUT2D eigenvalue weighted by Crippen LogP contribution is 2.39. The Hall–Kier alpha value is -1.81. The molecule has 0 radical (unpaired) electrons. The Bertz CT molecular complexity index is 899. The van der Waals surface area contributed by atoms with Crippen LogP contribution >= 0.6 is 15.9 Å². The maximum absolute atomic E-state index is 13.5. The fraction of sp³-hybridized carbons (Fsp3) is 0.375. The molecule has 25 heavy (non-hydrogen) atoms. The molecule has 0 saturated carbocycles. The van der Waals surface area contributed by atoms with E-state index in [0.717, 1.165) is 20.8 Å². The number of benzene rings is 1. The largest absolute Gasteiger partial charge is 0.394 e. The quantitative estimate of drug-likeness (QED) is 0.682. The molecule has 7 nitrogen and oxygen atoms in total. The molecule has 9 heteroatoms. The predicted molar refractivity (Wildman–Crippen MR) is 89.7 cm³/mol. The van der Waals surface area contributed by atoms with Crippen LogP contribution in [0.15, 0.2) is 44.5 Å². The zero-order valence-corrected chi connectivity index (χ0v) is 14.6. The first-order chi connectivity index (χ1) is 11.8. The third-order valence-corrected chi connectivity index (χ3v) is 5.08. The van der Waals surface area contributed by atoms with E-state index in [1.807, 2.05) is 29.2 Å². The summed E-state index contributed by atoms with van der Waals surface area (Å²) in [5.41, 5.74) is -2.64. The molecule has 1 aliphatic rings. The van der Waals surface area contributed by atoms with Crippen molar-refractivity contribution in [2.75, 3.05) is 6.61 Å². The van der Waals surface area contributed by atoms with Crippen molar-refractivity contribution in [3.8, 4) is 0 Å². The lowest BCUT2D eigenvalue weighted by molar-refractivity contribution is -0.0823. The highest BCUT2D eigenvalue weighted by atomic mass is 79.9. The van der Waals surface area contributed by atoms with Gasteiger partial charge < -0.3 is 14.9 Å². The summed E-state index contributed by atoms with van der Waals surface area (Å²) in [6.45, 7) is -0.474. The zero-order chi connectivity index (χ0) is 18.2. The Kier molecular flexibility index (Phi) is 4.92. The minimum Gasteiger partial charge on any atom is -0.394 e. The first-order valence-corrected chi connectivity index (χ1v) is 8.36. The minimum absolute atomic E-state index is 0.0506. The summed E-state index contributed by atoms with van der Waals surface area (Å²) >= 11 is 3.40. The van der Waals surface area contributed by atoms with Gasteiger partial charge in [-0.05, 0) is 11.6 Å². The minimum atomic E-state index is -1.46. The lowest BCUT2D eigenvalue weighted by Crippen LogP contribution is -2.42. The van der Waals surface area contributed by atoms with Crippen molar-refractivity contribution in [3.05, 3.63) is 67.2 Å². The molecule has 1 aliphatic heterocycles. The number of aromatic amines is 1. The van der Waals surface area contributed by atoms with E-state index in [-0.39, 0.29) is 12.8 Å². The number of rotatable bonds is 4. The van der Waals surface area contributed by atoms with Crippen molar-refractivity contribution in [1.29, 1.82) is 0 Å². The van der Waals surface area contributed by atoms with Gasteiger partial charge in [0.15, 0.2) is 0 Å². The predicted octanol–water partition coefficient (Wildman–Crippen LogP) is 0.692. The molecular formula is C16H16BrFN2O5. The topological polar surface area (TPSA) is 105 Å². The van der Waals surface area contributed by atoms with Crippen LogP contribution in [0.1, 0.15) is 18.2 Å². The summed E-state index contributed by atoms with van der Waals surface area (Å²) in [7, 11) is 0. The Morgan fingerprint density at radius 1 is 1.40 bits per heavy atom. The van der Waals surface area contributed by atoms with Gasteiger partial charge in [-0.2, -0.15) is 4.39 Å². The van der Waals surface area contributed by atoms with Gasteiger partial charge in [0.2, 0.25) is 5.82 Å². The van der Waals surface area contributed by atoms with Crippen LogP contribution in [0, 0.1) is 5.82 Å². The number of ether oxygens (including phenoxy) is 1. The van der Waals surface area contributed by atoms with Crippen LogP contribution in [0.5, 0.6) is 0 Å². The van der Waals surface area contributed by atoms with Crippen LogP contribution in [-0.2, 0) is 11.2 Å². The number of hydrogen-bond donors (Lipinski definition) is 3. The second-order valence-corrected chi connectivity index (χ2v) is 6.84. The highest BCUT2D eigenvalue weighted by Gasteiger charge is 2.48. The molecule has 1 saturated heterocycles. The Morgan fingerprint density at radius 3 is 2.80 bits per heavy atom. The van der Waals surface area contributed by atoms with Gasteiger partial charge in [0, 0.05) is 17.3 Å². The van der Waals surface area contributed by atoms with E-state index in [4.69, 9.17) is 4.74 Å². The smallest absolute Gasteiger partial charge is 0.330 e. The van der Waals surface area contributed by atoms with Crippen molar-refractivity contribution in [2.45, 2.75) is 30.8 Å². The SMILES string of the molecule is O=c1[nH]c(=O)n([C@H]2C[C@@](O)(Cc3ccccc3Br)[C@@H](CO)O2)cc1F. The number of aliphatic hydroxyl groups is 2. The molecular weight excluding hydrogens is 399 g/mol. The molecule has 3 N–H and O–H groups in total. The molecule has 1 fully saturated rings. The van der Waals surface area contributed by atoms with E-state index < -0.39 is 41.6 Å². The zero-order valence-electron chi connectivity index (χ0n) is 13.0.